The van der Waals surface area contributed by atoms with Crippen LogP contribution in [0, 0.1) is 0 Å². The van der Waals surface area contributed by atoms with Gasteiger partial charge in [-0.05, 0) is 31.0 Å². The lowest BCUT2D eigenvalue weighted by molar-refractivity contribution is -0.0753. The normalized spacial score (nSPS) is 17.0. The summed E-state index contributed by atoms with van der Waals surface area (Å²) in [6.07, 6.45) is 1.66. The fourth-order valence-electron chi connectivity index (χ4n) is 2.96. The average Bonchev–Trinajstić information content (AvgIpc) is 2.80. The molecule has 1 atom stereocenters. The topological polar surface area (TPSA) is 50.8 Å². The third-order valence-corrected chi connectivity index (χ3v) is 4.08. The van der Waals surface area contributed by atoms with Gasteiger partial charge in [0.1, 0.15) is 6.79 Å². The van der Waals surface area contributed by atoms with E-state index in [2.05, 4.69) is 5.32 Å². The molecule has 2 aromatic rings. The molecule has 0 radical (unpaired) electrons. The first-order valence-corrected chi connectivity index (χ1v) is 8.12. The number of nitrogens with zero attached hydrogens (tertiary/aromatic N) is 1. The number of carbonyl (C=O) groups excluding carboxylic acids is 1. The molecule has 3 rings (SSSR count). The van der Waals surface area contributed by atoms with Gasteiger partial charge in [0.25, 0.3) is 0 Å². The van der Waals surface area contributed by atoms with Gasteiger partial charge in [-0.25, -0.2) is 4.79 Å². The van der Waals surface area contributed by atoms with Crippen molar-refractivity contribution in [3.8, 4) is 0 Å². The van der Waals surface area contributed by atoms with Gasteiger partial charge in [0.15, 0.2) is 0 Å². The third kappa shape index (κ3) is 3.75. The summed E-state index contributed by atoms with van der Waals surface area (Å²) in [5.41, 5.74) is 2.70. The second-order valence-corrected chi connectivity index (χ2v) is 5.71. The molecule has 0 aliphatic carbocycles. The minimum Gasteiger partial charge on any atom is -0.359 e. The lowest BCUT2D eigenvalue weighted by Gasteiger charge is -2.24. The van der Waals surface area contributed by atoms with Gasteiger partial charge < -0.3 is 14.8 Å². The Labute approximate surface area is 142 Å². The van der Waals surface area contributed by atoms with Crippen molar-refractivity contribution in [2.75, 3.05) is 30.7 Å². The van der Waals surface area contributed by atoms with Crippen LogP contribution in [0.2, 0.25) is 0 Å². The van der Waals surface area contributed by atoms with Crippen molar-refractivity contribution in [2.24, 2.45) is 0 Å². The number of amides is 2. The molecule has 24 heavy (non-hydrogen) atoms. The van der Waals surface area contributed by atoms with Crippen LogP contribution in [0.3, 0.4) is 0 Å². The lowest BCUT2D eigenvalue weighted by atomic mass is 10.0. The Bertz CT molecular complexity index is 675. The molecule has 0 fully saturated rings. The second-order valence-electron chi connectivity index (χ2n) is 5.71. The fourth-order valence-corrected chi connectivity index (χ4v) is 2.96. The van der Waals surface area contributed by atoms with E-state index in [1.54, 1.807) is 12.0 Å². The Morgan fingerprint density at radius 3 is 2.71 bits per heavy atom. The number of fused-ring (bicyclic) bond motifs is 1. The van der Waals surface area contributed by atoms with E-state index in [0.29, 0.717) is 6.54 Å². The monoisotopic (exact) mass is 326 g/mol. The minimum atomic E-state index is -0.124. The van der Waals surface area contributed by atoms with Crippen LogP contribution in [0.5, 0.6) is 0 Å². The van der Waals surface area contributed by atoms with Crippen molar-refractivity contribution in [3.05, 3.63) is 60.2 Å². The predicted molar refractivity (Wildman–Crippen MR) is 94.2 cm³/mol. The minimum absolute atomic E-state index is 0.0596. The zero-order valence-corrected chi connectivity index (χ0v) is 13.8. The lowest BCUT2D eigenvalue weighted by Crippen LogP contribution is -2.35. The average molecular weight is 326 g/mol. The van der Waals surface area contributed by atoms with Crippen molar-refractivity contribution in [1.29, 1.82) is 0 Å². The predicted octanol–water partition coefficient (Wildman–Crippen LogP) is 4.18. The van der Waals surface area contributed by atoms with Gasteiger partial charge in [-0.2, -0.15) is 0 Å². The molecule has 5 nitrogen and oxygen atoms in total. The standard InChI is InChI=1S/C19H22N2O3/c1-23-14-24-18-12-7-13-21(17-11-6-5-10-16(17)18)19(22)20-15-8-3-2-4-9-15/h2-6,8-11,18H,7,12-14H2,1H3,(H,20,22). The second kappa shape index (κ2) is 7.95. The van der Waals surface area contributed by atoms with Gasteiger partial charge in [0.05, 0.1) is 11.8 Å². The van der Waals surface area contributed by atoms with Crippen molar-refractivity contribution in [3.63, 3.8) is 0 Å². The summed E-state index contributed by atoms with van der Waals surface area (Å²) in [4.78, 5) is 14.5. The number of ether oxygens (including phenoxy) is 2. The number of methoxy groups -OCH3 is 1. The molecule has 1 heterocycles. The van der Waals surface area contributed by atoms with Crippen LogP contribution in [0.15, 0.2) is 54.6 Å². The molecule has 0 saturated carbocycles. The molecule has 1 aliphatic rings. The molecular weight excluding hydrogens is 304 g/mol. The molecule has 5 heteroatoms. The maximum atomic E-state index is 12.8. The van der Waals surface area contributed by atoms with Gasteiger partial charge in [-0.3, -0.25) is 4.90 Å². The number of rotatable bonds is 4. The Kier molecular flexibility index (Phi) is 5.46. The van der Waals surface area contributed by atoms with Gasteiger partial charge in [0, 0.05) is 24.9 Å². The Hall–Kier alpha value is -2.37. The van der Waals surface area contributed by atoms with Crippen LogP contribution in [0.4, 0.5) is 16.2 Å². The van der Waals surface area contributed by atoms with Gasteiger partial charge in [-0.1, -0.05) is 36.4 Å². The van der Waals surface area contributed by atoms with E-state index in [1.807, 2.05) is 54.6 Å². The highest BCUT2D eigenvalue weighted by molar-refractivity contribution is 6.02. The van der Waals surface area contributed by atoms with Crippen molar-refractivity contribution >= 4 is 17.4 Å². The van der Waals surface area contributed by atoms with Crippen LogP contribution >= 0.6 is 0 Å². The highest BCUT2D eigenvalue weighted by Crippen LogP contribution is 2.35. The SMILES string of the molecule is COCOC1CCCN(C(=O)Nc2ccccc2)c2ccccc21. The smallest absolute Gasteiger partial charge is 0.326 e. The highest BCUT2D eigenvalue weighted by atomic mass is 16.7. The number of carbonyl (C=O) groups is 1. The number of hydrogen-bond donors (Lipinski definition) is 1. The Morgan fingerprint density at radius 1 is 1.17 bits per heavy atom. The first kappa shape index (κ1) is 16.5. The van der Waals surface area contributed by atoms with E-state index in [0.717, 1.165) is 29.8 Å². The molecule has 0 aromatic heterocycles. The zero-order valence-electron chi connectivity index (χ0n) is 13.8. The fraction of sp³-hybridized carbons (Fsp3) is 0.316. The highest BCUT2D eigenvalue weighted by Gasteiger charge is 2.26. The number of nitrogens with one attached hydrogen (secondary N) is 1. The molecule has 0 bridgehead atoms. The summed E-state index contributed by atoms with van der Waals surface area (Å²) in [6, 6.07) is 17.3. The molecule has 0 spiro atoms. The molecule has 0 saturated heterocycles. The van der Waals surface area contributed by atoms with Crippen LogP contribution in [0.1, 0.15) is 24.5 Å². The summed E-state index contributed by atoms with van der Waals surface area (Å²) in [6.45, 7) is 0.901. The van der Waals surface area contributed by atoms with Crippen LogP contribution in [0.25, 0.3) is 0 Å². The van der Waals surface area contributed by atoms with Gasteiger partial charge in [0.2, 0.25) is 0 Å². The van der Waals surface area contributed by atoms with E-state index >= 15 is 0 Å². The number of benzene rings is 2. The first-order valence-electron chi connectivity index (χ1n) is 8.12. The summed E-state index contributed by atoms with van der Waals surface area (Å²) >= 11 is 0. The molecule has 2 aromatic carbocycles. The third-order valence-electron chi connectivity index (χ3n) is 4.08. The number of anilines is 2. The summed E-state index contributed by atoms with van der Waals surface area (Å²) in [7, 11) is 1.61. The van der Waals surface area contributed by atoms with Crippen molar-refractivity contribution in [1.82, 2.24) is 0 Å². The Morgan fingerprint density at radius 2 is 1.92 bits per heavy atom. The largest absolute Gasteiger partial charge is 0.359 e. The Balaban J connectivity index is 1.83. The van der Waals surface area contributed by atoms with Gasteiger partial charge in [-0.15, -0.1) is 0 Å². The maximum Gasteiger partial charge on any atom is 0.326 e. The molecule has 1 aliphatic heterocycles. The van der Waals surface area contributed by atoms with Crippen molar-refractivity contribution < 1.29 is 14.3 Å². The summed E-state index contributed by atoms with van der Waals surface area (Å²) in [5.74, 6) is 0. The molecule has 1 unspecified atom stereocenters. The van der Waals surface area contributed by atoms with E-state index in [9.17, 15) is 4.79 Å². The number of para-hydroxylation sites is 2. The molecular formula is C19H22N2O3. The van der Waals surface area contributed by atoms with Gasteiger partial charge >= 0.3 is 6.03 Å². The molecule has 1 N–H and O–H groups in total. The number of hydrogen-bond acceptors (Lipinski definition) is 3. The van der Waals surface area contributed by atoms with E-state index in [1.165, 1.54) is 0 Å². The molecule has 126 valence electrons. The van der Waals surface area contributed by atoms with Crippen LogP contribution in [-0.2, 0) is 9.47 Å². The summed E-state index contributed by atoms with van der Waals surface area (Å²) in [5, 5.41) is 2.96. The molecule has 2 amide bonds. The quantitative estimate of drug-likeness (QED) is 0.858. The van der Waals surface area contributed by atoms with Crippen molar-refractivity contribution in [2.45, 2.75) is 18.9 Å². The van der Waals surface area contributed by atoms with E-state index < -0.39 is 0 Å². The van der Waals surface area contributed by atoms with Crippen LogP contribution in [-0.4, -0.2) is 26.5 Å². The van der Waals surface area contributed by atoms with Crippen LogP contribution < -0.4 is 10.2 Å². The first-order chi connectivity index (χ1) is 11.8. The van der Waals surface area contributed by atoms with E-state index in [4.69, 9.17) is 9.47 Å². The maximum absolute atomic E-state index is 12.8. The van der Waals surface area contributed by atoms with E-state index in [-0.39, 0.29) is 18.9 Å². The summed E-state index contributed by atoms with van der Waals surface area (Å²) < 4.78 is 10.8. The number of urea groups is 1. The zero-order chi connectivity index (χ0) is 16.8.